The van der Waals surface area contributed by atoms with E-state index in [1.54, 1.807) is 0 Å². The Morgan fingerprint density at radius 2 is 0.434 bits per heavy atom. The Labute approximate surface area is 518 Å². The minimum Gasteiger partial charge on any atom is -0.462 e. The molecule has 0 saturated heterocycles. The van der Waals surface area contributed by atoms with E-state index in [4.69, 9.17) is 14.2 Å². The van der Waals surface area contributed by atoms with Crippen LogP contribution in [0.4, 0.5) is 0 Å². The molecule has 1 unspecified atom stereocenters. The van der Waals surface area contributed by atoms with Gasteiger partial charge in [0.15, 0.2) is 6.10 Å². The van der Waals surface area contributed by atoms with Crippen LogP contribution in [0.5, 0.6) is 0 Å². The van der Waals surface area contributed by atoms with Gasteiger partial charge in [-0.1, -0.05) is 333 Å². The Kier molecular flexibility index (Phi) is 69.6. The standard InChI is InChI=1S/C77H142O6/c1-4-7-10-13-16-19-22-25-28-31-34-36-38-40-43-46-49-52-55-58-61-64-67-70-76(79)82-73-74(72-81-75(78)69-66-63-60-57-54-51-48-45-42-33-30-27-24-21-18-15-12-9-6-3)83-77(80)71-68-65-62-59-56-53-50-47-44-41-39-37-35-32-29-26-23-20-17-14-11-8-5-2/h22,25,27,30-32,34-35,74H,4-21,23-24,26,28-29,33,36-73H2,1-3H3/b25-22-,30-27-,34-31-,35-32-. The molecular weight excluding hydrogens is 1020 g/mol. The summed E-state index contributed by atoms with van der Waals surface area (Å²) in [4.78, 5) is 38.6. The quantitative estimate of drug-likeness (QED) is 0.0261. The number of ether oxygens (including phenoxy) is 3. The third-order valence-corrected chi connectivity index (χ3v) is 16.8. The van der Waals surface area contributed by atoms with E-state index in [-0.39, 0.29) is 31.1 Å². The fourth-order valence-electron chi connectivity index (χ4n) is 11.2. The van der Waals surface area contributed by atoms with Gasteiger partial charge < -0.3 is 14.2 Å². The van der Waals surface area contributed by atoms with Crippen molar-refractivity contribution in [3.63, 3.8) is 0 Å². The van der Waals surface area contributed by atoms with Gasteiger partial charge in [-0.2, -0.15) is 0 Å². The van der Waals surface area contributed by atoms with E-state index in [1.165, 1.54) is 302 Å². The minimum absolute atomic E-state index is 0.0714. The molecule has 0 N–H and O–H groups in total. The first kappa shape index (κ1) is 80.4. The molecule has 0 fully saturated rings. The zero-order valence-corrected chi connectivity index (χ0v) is 56.0. The summed E-state index contributed by atoms with van der Waals surface area (Å²) in [6, 6.07) is 0. The molecule has 0 rings (SSSR count). The fraction of sp³-hybridized carbons (Fsp3) is 0.857. The lowest BCUT2D eigenvalue weighted by atomic mass is 10.0. The van der Waals surface area contributed by atoms with Crippen molar-refractivity contribution in [3.8, 4) is 0 Å². The van der Waals surface area contributed by atoms with Gasteiger partial charge in [0.2, 0.25) is 0 Å². The molecule has 0 bridgehead atoms. The van der Waals surface area contributed by atoms with E-state index in [1.807, 2.05) is 0 Å². The summed E-state index contributed by atoms with van der Waals surface area (Å²) in [5, 5.41) is 0. The molecular formula is C77H142O6. The largest absolute Gasteiger partial charge is 0.462 e. The number of carbonyl (C=O) groups excluding carboxylic acids is 3. The summed E-state index contributed by atoms with van der Waals surface area (Å²) in [6.45, 7) is 6.70. The van der Waals surface area contributed by atoms with E-state index in [0.717, 1.165) is 64.2 Å². The molecule has 0 aliphatic rings. The highest BCUT2D eigenvalue weighted by Gasteiger charge is 2.19. The van der Waals surface area contributed by atoms with Crippen LogP contribution in [0.3, 0.4) is 0 Å². The van der Waals surface area contributed by atoms with E-state index in [2.05, 4.69) is 69.4 Å². The van der Waals surface area contributed by atoms with E-state index in [9.17, 15) is 14.4 Å². The Morgan fingerprint density at radius 1 is 0.241 bits per heavy atom. The average Bonchev–Trinajstić information content (AvgIpc) is 3.49. The van der Waals surface area contributed by atoms with Crippen LogP contribution in [-0.2, 0) is 28.6 Å². The molecule has 0 heterocycles. The molecule has 486 valence electrons. The topological polar surface area (TPSA) is 78.9 Å². The average molecular weight is 1160 g/mol. The first-order valence-electron chi connectivity index (χ1n) is 37.1. The van der Waals surface area contributed by atoms with E-state index in [0.29, 0.717) is 19.3 Å². The van der Waals surface area contributed by atoms with Crippen LogP contribution in [0.1, 0.15) is 406 Å². The van der Waals surface area contributed by atoms with Crippen molar-refractivity contribution in [3.05, 3.63) is 48.6 Å². The predicted molar refractivity (Wildman–Crippen MR) is 362 cm³/mol. The maximum atomic E-state index is 13.0. The molecule has 0 aromatic carbocycles. The number of rotatable bonds is 69. The first-order chi connectivity index (χ1) is 41.0. The summed E-state index contributed by atoms with van der Waals surface area (Å²) in [5.74, 6) is -0.847. The van der Waals surface area contributed by atoms with E-state index < -0.39 is 6.10 Å². The highest BCUT2D eigenvalue weighted by atomic mass is 16.6. The zero-order chi connectivity index (χ0) is 59.9. The zero-order valence-electron chi connectivity index (χ0n) is 56.0. The van der Waals surface area contributed by atoms with Crippen LogP contribution in [0.25, 0.3) is 0 Å². The number of hydrogen-bond donors (Lipinski definition) is 0. The highest BCUT2D eigenvalue weighted by molar-refractivity contribution is 5.71. The minimum atomic E-state index is -0.776. The third kappa shape index (κ3) is 70.0. The van der Waals surface area contributed by atoms with Gasteiger partial charge >= 0.3 is 17.9 Å². The summed E-state index contributed by atoms with van der Waals surface area (Å²) in [6.07, 6.45) is 91.4. The maximum absolute atomic E-state index is 13.0. The molecule has 0 spiro atoms. The van der Waals surface area contributed by atoms with Crippen molar-refractivity contribution in [2.24, 2.45) is 0 Å². The lowest BCUT2D eigenvalue weighted by molar-refractivity contribution is -0.167. The number of allylic oxidation sites excluding steroid dienone is 8. The van der Waals surface area contributed by atoms with Crippen LogP contribution in [0, 0.1) is 0 Å². The smallest absolute Gasteiger partial charge is 0.306 e. The molecule has 1 atom stereocenters. The van der Waals surface area contributed by atoms with Gasteiger partial charge in [-0.3, -0.25) is 14.4 Å². The van der Waals surface area contributed by atoms with E-state index >= 15 is 0 Å². The Hall–Kier alpha value is -2.63. The molecule has 6 nitrogen and oxygen atoms in total. The molecule has 0 radical (unpaired) electrons. The fourth-order valence-corrected chi connectivity index (χ4v) is 11.2. The van der Waals surface area contributed by atoms with Gasteiger partial charge in [-0.25, -0.2) is 0 Å². The molecule has 83 heavy (non-hydrogen) atoms. The molecule has 0 aliphatic heterocycles. The Morgan fingerprint density at radius 3 is 0.675 bits per heavy atom. The summed E-state index contributed by atoms with van der Waals surface area (Å²) < 4.78 is 17.0. The predicted octanol–water partition coefficient (Wildman–Crippen LogP) is 25.7. The van der Waals surface area contributed by atoms with Gasteiger partial charge in [0.1, 0.15) is 13.2 Å². The Bertz CT molecular complexity index is 1430. The van der Waals surface area contributed by atoms with Gasteiger partial charge in [0.25, 0.3) is 0 Å². The van der Waals surface area contributed by atoms with Crippen LogP contribution in [-0.4, -0.2) is 37.2 Å². The lowest BCUT2D eigenvalue weighted by Crippen LogP contribution is -2.30. The monoisotopic (exact) mass is 1160 g/mol. The summed E-state index contributed by atoms with van der Waals surface area (Å²) >= 11 is 0. The van der Waals surface area contributed by atoms with Crippen molar-refractivity contribution >= 4 is 17.9 Å². The maximum Gasteiger partial charge on any atom is 0.306 e. The number of hydrogen-bond acceptors (Lipinski definition) is 6. The van der Waals surface area contributed by atoms with Crippen molar-refractivity contribution in [2.45, 2.75) is 412 Å². The van der Waals surface area contributed by atoms with Gasteiger partial charge in [0.05, 0.1) is 0 Å². The molecule has 0 aromatic rings. The summed E-state index contributed by atoms with van der Waals surface area (Å²) in [7, 11) is 0. The van der Waals surface area contributed by atoms with Gasteiger partial charge in [-0.15, -0.1) is 0 Å². The molecule has 6 heteroatoms. The SMILES string of the molecule is CCCCCCC/C=C\C/C=C\CCCCCCCCCCCCCC(=O)OCC(COC(=O)CCCCCCCCCCC/C=C\CCCCCCCC)OC(=O)CCCCCCCCCCCCC/C=C\CCCCCCCCCC. The second kappa shape index (κ2) is 71.8. The lowest BCUT2D eigenvalue weighted by Gasteiger charge is -2.18. The van der Waals surface area contributed by atoms with Crippen LogP contribution < -0.4 is 0 Å². The van der Waals surface area contributed by atoms with Crippen LogP contribution in [0.15, 0.2) is 48.6 Å². The second-order valence-electron chi connectivity index (χ2n) is 25.2. The molecule has 0 saturated carbocycles. The van der Waals surface area contributed by atoms with Crippen LogP contribution >= 0.6 is 0 Å². The number of esters is 3. The van der Waals surface area contributed by atoms with Crippen molar-refractivity contribution in [2.75, 3.05) is 13.2 Å². The number of unbranched alkanes of at least 4 members (excludes halogenated alkanes) is 50. The Balaban J connectivity index is 4.33. The molecule has 0 aliphatic carbocycles. The van der Waals surface area contributed by atoms with Crippen molar-refractivity contribution in [1.82, 2.24) is 0 Å². The van der Waals surface area contributed by atoms with Crippen LogP contribution in [0.2, 0.25) is 0 Å². The van der Waals surface area contributed by atoms with Gasteiger partial charge in [-0.05, 0) is 103 Å². The summed E-state index contributed by atoms with van der Waals surface area (Å²) in [5.41, 5.74) is 0. The second-order valence-corrected chi connectivity index (χ2v) is 25.2. The highest BCUT2D eigenvalue weighted by Crippen LogP contribution is 2.18. The van der Waals surface area contributed by atoms with Crippen molar-refractivity contribution < 1.29 is 28.6 Å². The van der Waals surface area contributed by atoms with Gasteiger partial charge in [0, 0.05) is 19.3 Å². The molecule has 0 aromatic heterocycles. The molecule has 0 amide bonds. The normalized spacial score (nSPS) is 12.3. The third-order valence-electron chi connectivity index (χ3n) is 16.8. The van der Waals surface area contributed by atoms with Crippen molar-refractivity contribution in [1.29, 1.82) is 0 Å². The number of carbonyl (C=O) groups is 3. The first-order valence-corrected chi connectivity index (χ1v) is 37.1.